The number of carbonyl (C=O) groups is 4. The van der Waals surface area contributed by atoms with E-state index in [2.05, 4.69) is 55.8 Å². The fourth-order valence-electron chi connectivity index (χ4n) is 3.58. The van der Waals surface area contributed by atoms with Gasteiger partial charge in [-0.05, 0) is 51.2 Å². The van der Waals surface area contributed by atoms with Crippen LogP contribution >= 0.6 is 67.8 Å². The van der Waals surface area contributed by atoms with Gasteiger partial charge >= 0.3 is 0 Å². The standard InChI is InChI=1S/C28H41I3N2O5/c1-18(2)15-22(24(31)35)33-26(37)27(3,4)12-14-38-28(5,6)11-13-32-25(36)20-9-7-19(8-10-20)23(34)21(16-29)17-30/h7-10,18,21-22H,11-17H2,1-6H3,(H,32,36)(H,33,37). The van der Waals surface area contributed by atoms with Gasteiger partial charge in [-0.1, -0.05) is 85.0 Å². The van der Waals surface area contributed by atoms with E-state index in [1.165, 1.54) is 0 Å². The molecule has 2 N–H and O–H groups in total. The second-order valence-electron chi connectivity index (χ2n) is 11.2. The summed E-state index contributed by atoms with van der Waals surface area (Å²) in [7, 11) is 0. The molecule has 0 radical (unpaired) electrons. The molecule has 1 rings (SSSR count). The molecule has 1 atom stereocenters. The summed E-state index contributed by atoms with van der Waals surface area (Å²) < 4.78 is 7.54. The average molecular weight is 866 g/mol. The van der Waals surface area contributed by atoms with Gasteiger partial charge in [-0.3, -0.25) is 19.2 Å². The van der Waals surface area contributed by atoms with Gasteiger partial charge in [-0.2, -0.15) is 0 Å². The van der Waals surface area contributed by atoms with E-state index < -0.39 is 17.1 Å². The van der Waals surface area contributed by atoms with Gasteiger partial charge < -0.3 is 15.4 Å². The van der Waals surface area contributed by atoms with Gasteiger partial charge in [-0.15, -0.1) is 0 Å². The largest absolute Gasteiger partial charge is 0.375 e. The first-order chi connectivity index (χ1) is 17.6. The molecule has 1 aromatic rings. The van der Waals surface area contributed by atoms with E-state index in [1.54, 1.807) is 46.9 Å². The molecule has 0 spiro atoms. The van der Waals surface area contributed by atoms with E-state index in [-0.39, 0.29) is 27.3 Å². The van der Waals surface area contributed by atoms with E-state index in [0.29, 0.717) is 49.5 Å². The van der Waals surface area contributed by atoms with Crippen molar-refractivity contribution in [3.05, 3.63) is 35.4 Å². The Morgan fingerprint density at radius 3 is 1.97 bits per heavy atom. The maximum absolute atomic E-state index is 12.8. The van der Waals surface area contributed by atoms with Crippen molar-refractivity contribution < 1.29 is 23.9 Å². The Morgan fingerprint density at radius 2 is 1.47 bits per heavy atom. The Balaban J connectivity index is 2.53. The number of amides is 2. The van der Waals surface area contributed by atoms with Crippen LogP contribution in [0.15, 0.2) is 24.3 Å². The van der Waals surface area contributed by atoms with Crippen LogP contribution in [0.5, 0.6) is 0 Å². The third kappa shape index (κ3) is 12.4. The predicted octanol–water partition coefficient (Wildman–Crippen LogP) is 6.18. The summed E-state index contributed by atoms with van der Waals surface area (Å²) in [5.74, 6) is 0.0368. The Morgan fingerprint density at radius 1 is 0.921 bits per heavy atom. The number of ketones is 1. The number of carbonyl (C=O) groups excluding carboxylic acids is 4. The van der Waals surface area contributed by atoms with Crippen LogP contribution < -0.4 is 10.6 Å². The van der Waals surface area contributed by atoms with Crippen LogP contribution in [0.25, 0.3) is 0 Å². The number of alkyl halides is 2. The highest BCUT2D eigenvalue weighted by molar-refractivity contribution is 14.1. The lowest BCUT2D eigenvalue weighted by Crippen LogP contribution is -2.46. The van der Waals surface area contributed by atoms with Gasteiger partial charge in [-0.25, -0.2) is 0 Å². The van der Waals surface area contributed by atoms with Crippen LogP contribution in [0.2, 0.25) is 0 Å². The van der Waals surface area contributed by atoms with Crippen LogP contribution in [0.3, 0.4) is 0 Å². The van der Waals surface area contributed by atoms with Crippen LogP contribution in [0.1, 0.15) is 81.5 Å². The molecule has 0 saturated heterocycles. The van der Waals surface area contributed by atoms with Crippen molar-refractivity contribution in [2.24, 2.45) is 17.3 Å². The van der Waals surface area contributed by atoms with Crippen molar-refractivity contribution >= 4 is 89.2 Å². The van der Waals surface area contributed by atoms with E-state index >= 15 is 0 Å². The van der Waals surface area contributed by atoms with E-state index in [4.69, 9.17) is 4.74 Å². The molecule has 7 nitrogen and oxygen atoms in total. The second kappa shape index (κ2) is 16.8. The lowest BCUT2D eigenvalue weighted by atomic mass is 9.88. The molecule has 0 fully saturated rings. The number of halogens is 3. The van der Waals surface area contributed by atoms with Crippen LogP contribution in [-0.2, 0) is 14.3 Å². The Hall–Kier alpha value is -0.350. The number of ether oxygens (including phenoxy) is 1. The maximum Gasteiger partial charge on any atom is 0.251 e. The zero-order chi connectivity index (χ0) is 29.1. The first-order valence-electron chi connectivity index (χ1n) is 12.8. The lowest BCUT2D eigenvalue weighted by Gasteiger charge is -2.30. The topological polar surface area (TPSA) is 102 Å². The Kier molecular flexibility index (Phi) is 15.8. The summed E-state index contributed by atoms with van der Waals surface area (Å²) in [6, 6.07) is 6.33. The van der Waals surface area contributed by atoms with Crippen LogP contribution in [0.4, 0.5) is 0 Å². The van der Waals surface area contributed by atoms with Crippen LogP contribution in [-0.4, -0.2) is 55.0 Å². The highest BCUT2D eigenvalue weighted by Gasteiger charge is 2.32. The normalized spacial score (nSPS) is 12.9. The van der Waals surface area contributed by atoms with Crippen molar-refractivity contribution in [1.82, 2.24) is 10.6 Å². The van der Waals surface area contributed by atoms with Crippen molar-refractivity contribution in [3.63, 3.8) is 0 Å². The molecule has 214 valence electrons. The molecular weight excluding hydrogens is 825 g/mol. The van der Waals surface area contributed by atoms with Crippen molar-refractivity contribution in [2.75, 3.05) is 22.0 Å². The van der Waals surface area contributed by atoms with E-state index in [1.807, 2.05) is 41.5 Å². The molecular formula is C28H41I3N2O5. The van der Waals surface area contributed by atoms with Crippen molar-refractivity contribution in [3.8, 4) is 0 Å². The molecule has 1 unspecified atom stereocenters. The van der Waals surface area contributed by atoms with Gasteiger partial charge in [0.15, 0.2) is 5.78 Å². The number of hydrogen-bond donors (Lipinski definition) is 2. The molecule has 2 amide bonds. The highest BCUT2D eigenvalue weighted by Crippen LogP contribution is 2.24. The van der Waals surface area contributed by atoms with E-state index in [9.17, 15) is 19.2 Å². The van der Waals surface area contributed by atoms with Gasteiger partial charge in [0.05, 0.1) is 11.6 Å². The molecule has 0 aromatic heterocycles. The first kappa shape index (κ1) is 35.7. The predicted molar refractivity (Wildman–Crippen MR) is 178 cm³/mol. The lowest BCUT2D eigenvalue weighted by molar-refractivity contribution is -0.133. The Bertz CT molecular complexity index is 944. The third-order valence-electron chi connectivity index (χ3n) is 6.31. The quantitative estimate of drug-likeness (QED) is 0.0844. The van der Waals surface area contributed by atoms with Crippen molar-refractivity contribution in [2.45, 2.75) is 72.4 Å². The molecule has 0 aliphatic rings. The number of benzene rings is 1. The fraction of sp³-hybridized carbons (Fsp3) is 0.643. The summed E-state index contributed by atoms with van der Waals surface area (Å²) in [6.45, 7) is 12.5. The summed E-state index contributed by atoms with van der Waals surface area (Å²) >= 11 is 6.20. The van der Waals surface area contributed by atoms with Gasteiger partial charge in [0.2, 0.25) is 9.70 Å². The SMILES string of the molecule is CC(C)CC(NC(=O)C(C)(C)CCOC(C)(C)CCNC(=O)c1ccc(C(=O)C(CI)CI)cc1)C(=O)I. The number of Topliss-reactive ketones (excluding diaryl/α,β-unsaturated/α-hetero) is 1. The third-order valence-corrected chi connectivity index (χ3v) is 9.19. The number of rotatable bonds is 17. The second-order valence-corrected chi connectivity index (χ2v) is 14.0. The minimum absolute atomic E-state index is 0.0138. The molecule has 0 aliphatic heterocycles. The fourth-order valence-corrected chi connectivity index (χ4v) is 6.61. The van der Waals surface area contributed by atoms with Gasteiger partial charge in [0, 0.05) is 67.1 Å². The monoisotopic (exact) mass is 866 g/mol. The highest BCUT2D eigenvalue weighted by atomic mass is 127. The molecule has 0 saturated carbocycles. The molecule has 38 heavy (non-hydrogen) atoms. The minimum Gasteiger partial charge on any atom is -0.375 e. The zero-order valence-corrected chi connectivity index (χ0v) is 29.6. The molecule has 0 aliphatic carbocycles. The first-order valence-corrected chi connectivity index (χ1v) is 16.9. The number of hydrogen-bond acceptors (Lipinski definition) is 5. The summed E-state index contributed by atoms with van der Waals surface area (Å²) in [6.07, 6.45) is 1.70. The molecule has 0 heterocycles. The molecule has 10 heteroatoms. The number of nitrogens with one attached hydrogen (secondary N) is 2. The van der Waals surface area contributed by atoms with Crippen molar-refractivity contribution in [1.29, 1.82) is 0 Å². The minimum atomic E-state index is -0.688. The van der Waals surface area contributed by atoms with Gasteiger partial charge in [0.25, 0.3) is 5.91 Å². The maximum atomic E-state index is 12.8. The summed E-state index contributed by atoms with van der Waals surface area (Å²) in [5, 5.41) is 5.82. The van der Waals surface area contributed by atoms with Gasteiger partial charge in [0.1, 0.15) is 0 Å². The zero-order valence-electron chi connectivity index (χ0n) is 23.2. The van der Waals surface area contributed by atoms with E-state index in [0.717, 1.165) is 8.86 Å². The molecule has 1 aromatic carbocycles. The smallest absolute Gasteiger partial charge is 0.251 e. The average Bonchev–Trinajstić information content (AvgIpc) is 2.83. The van der Waals surface area contributed by atoms with Crippen LogP contribution in [0, 0.1) is 17.3 Å². The summed E-state index contributed by atoms with van der Waals surface area (Å²) in [4.78, 5) is 49.8. The molecule has 0 bridgehead atoms. The Labute approximate surface area is 268 Å². The summed E-state index contributed by atoms with van der Waals surface area (Å²) in [5.41, 5.74) is -0.0498.